The van der Waals surface area contributed by atoms with Gasteiger partial charge in [-0.15, -0.1) is 0 Å². The molecule has 0 aliphatic heterocycles. The molecule has 1 atom stereocenters. The van der Waals surface area contributed by atoms with E-state index >= 15 is 0 Å². The molecule has 0 spiro atoms. The highest BCUT2D eigenvalue weighted by Gasteiger charge is 2.14. The van der Waals surface area contributed by atoms with E-state index in [0.717, 1.165) is 18.7 Å². The normalized spacial score (nSPS) is 13.0. The van der Waals surface area contributed by atoms with Gasteiger partial charge in [-0.05, 0) is 53.5 Å². The highest BCUT2D eigenvalue weighted by atomic mass is 14.9. The van der Waals surface area contributed by atoms with Gasteiger partial charge in [0, 0.05) is 30.2 Å². The molecule has 2 nitrogen and oxygen atoms in total. The number of hydrogen-bond acceptors (Lipinski definition) is 2. The van der Waals surface area contributed by atoms with E-state index in [0.29, 0.717) is 5.92 Å². The van der Waals surface area contributed by atoms with Crippen LogP contribution in [0.5, 0.6) is 0 Å². The molecule has 27 heavy (non-hydrogen) atoms. The van der Waals surface area contributed by atoms with Gasteiger partial charge in [-0.1, -0.05) is 71.4 Å². The van der Waals surface area contributed by atoms with Crippen LogP contribution < -0.4 is 10.6 Å². The summed E-state index contributed by atoms with van der Waals surface area (Å²) in [5.74, 6) is 0.689. The Morgan fingerprint density at radius 1 is 1.00 bits per heavy atom. The minimum absolute atomic E-state index is 0.276. The van der Waals surface area contributed by atoms with Gasteiger partial charge >= 0.3 is 0 Å². The molecular weight excluding hydrogens is 328 g/mol. The molecule has 1 unspecified atom stereocenters. The van der Waals surface area contributed by atoms with Crippen molar-refractivity contribution in [2.75, 3.05) is 11.9 Å². The van der Waals surface area contributed by atoms with Crippen LogP contribution in [0.15, 0.2) is 54.9 Å². The van der Waals surface area contributed by atoms with Crippen molar-refractivity contribution in [3.8, 4) is 11.1 Å². The van der Waals surface area contributed by atoms with E-state index in [-0.39, 0.29) is 5.41 Å². The van der Waals surface area contributed by atoms with Gasteiger partial charge in [0.1, 0.15) is 0 Å². The molecule has 2 aromatic carbocycles. The van der Waals surface area contributed by atoms with Crippen LogP contribution in [-0.4, -0.2) is 6.54 Å². The summed E-state index contributed by atoms with van der Waals surface area (Å²) in [6.07, 6.45) is 6.28. The summed E-state index contributed by atoms with van der Waals surface area (Å²) in [4.78, 5) is 0. The van der Waals surface area contributed by atoms with Gasteiger partial charge in [-0.3, -0.25) is 0 Å². The third-order valence-electron chi connectivity index (χ3n) is 4.86. The largest absolute Gasteiger partial charge is 0.389 e. The van der Waals surface area contributed by atoms with Gasteiger partial charge in [-0.2, -0.15) is 0 Å². The zero-order valence-electron chi connectivity index (χ0n) is 17.9. The molecule has 2 N–H and O–H groups in total. The molecule has 2 aromatic rings. The molecule has 0 aromatic heterocycles. The van der Waals surface area contributed by atoms with E-state index in [9.17, 15) is 0 Å². The van der Waals surface area contributed by atoms with E-state index in [1.807, 2.05) is 12.4 Å². The van der Waals surface area contributed by atoms with Crippen molar-refractivity contribution < 1.29 is 0 Å². The second kappa shape index (κ2) is 9.64. The second-order valence-electron chi connectivity index (χ2n) is 8.83. The summed E-state index contributed by atoms with van der Waals surface area (Å²) in [6.45, 7) is 14.5. The lowest BCUT2D eigenvalue weighted by molar-refractivity contribution is 0.411. The number of anilines is 1. The molecule has 0 saturated carbocycles. The molecule has 2 rings (SSSR count). The van der Waals surface area contributed by atoms with Crippen LogP contribution in [0, 0.1) is 18.3 Å². The first-order chi connectivity index (χ1) is 12.8. The lowest BCUT2D eigenvalue weighted by Gasteiger charge is -2.20. The van der Waals surface area contributed by atoms with Gasteiger partial charge in [0.15, 0.2) is 0 Å². The van der Waals surface area contributed by atoms with Gasteiger partial charge in [0.25, 0.3) is 0 Å². The maximum Gasteiger partial charge on any atom is 0.0460 e. The summed E-state index contributed by atoms with van der Waals surface area (Å²) in [5.41, 5.74) is 6.65. The predicted octanol–water partition coefficient (Wildman–Crippen LogP) is 6.77. The fourth-order valence-electron chi connectivity index (χ4n) is 3.14. The summed E-state index contributed by atoms with van der Waals surface area (Å²) in [7, 11) is 0. The standard InChI is InChI=1S/C25H36N2/c1-7-19(2)18-26-14-15-27-24-13-12-21(17-25(4,5)6)16-23(24)22-11-9-8-10-20(22)3/h8-16,19,26-27H,7,17-18H2,1-6H3/b15-14-. The third kappa shape index (κ3) is 6.78. The van der Waals surface area contributed by atoms with Gasteiger partial charge < -0.3 is 10.6 Å². The fourth-order valence-corrected chi connectivity index (χ4v) is 3.14. The predicted molar refractivity (Wildman–Crippen MR) is 120 cm³/mol. The minimum Gasteiger partial charge on any atom is -0.389 e. The van der Waals surface area contributed by atoms with Crippen molar-refractivity contribution in [1.29, 1.82) is 0 Å². The molecule has 146 valence electrons. The highest BCUT2D eigenvalue weighted by molar-refractivity contribution is 5.81. The number of aryl methyl sites for hydroxylation is 1. The summed E-state index contributed by atoms with van der Waals surface area (Å²) in [6, 6.07) is 15.4. The Balaban J connectivity index is 2.25. The Bertz CT molecular complexity index is 753. The molecule has 0 radical (unpaired) electrons. The van der Waals surface area contributed by atoms with Crippen LogP contribution in [0.2, 0.25) is 0 Å². The summed E-state index contributed by atoms with van der Waals surface area (Å²) >= 11 is 0. The van der Waals surface area contributed by atoms with Crippen LogP contribution in [-0.2, 0) is 6.42 Å². The van der Waals surface area contributed by atoms with Crippen molar-refractivity contribution >= 4 is 5.69 Å². The summed E-state index contributed by atoms with van der Waals surface area (Å²) in [5, 5.41) is 6.85. The molecule has 2 heteroatoms. The Morgan fingerprint density at radius 2 is 1.74 bits per heavy atom. The molecule has 0 heterocycles. The zero-order valence-corrected chi connectivity index (χ0v) is 17.9. The first-order valence-corrected chi connectivity index (χ1v) is 10.1. The van der Waals surface area contributed by atoms with Gasteiger partial charge in [-0.25, -0.2) is 0 Å². The van der Waals surface area contributed by atoms with E-state index in [1.165, 1.54) is 28.7 Å². The van der Waals surface area contributed by atoms with Crippen LogP contribution in [0.4, 0.5) is 5.69 Å². The van der Waals surface area contributed by atoms with Crippen molar-refractivity contribution in [2.24, 2.45) is 11.3 Å². The Morgan fingerprint density at radius 3 is 2.41 bits per heavy atom. The fraction of sp³-hybridized carbons (Fsp3) is 0.440. The van der Waals surface area contributed by atoms with Crippen molar-refractivity contribution in [3.63, 3.8) is 0 Å². The topological polar surface area (TPSA) is 24.1 Å². The average Bonchev–Trinajstić information content (AvgIpc) is 2.61. The molecule has 0 saturated heterocycles. The maximum absolute atomic E-state index is 3.48. The zero-order chi connectivity index (χ0) is 19.9. The van der Waals surface area contributed by atoms with Crippen molar-refractivity contribution in [3.05, 3.63) is 66.0 Å². The molecular formula is C25H36N2. The van der Waals surface area contributed by atoms with E-state index in [4.69, 9.17) is 0 Å². The Labute approximate surface area is 166 Å². The van der Waals surface area contributed by atoms with Crippen LogP contribution in [0.25, 0.3) is 11.1 Å². The second-order valence-corrected chi connectivity index (χ2v) is 8.83. The smallest absolute Gasteiger partial charge is 0.0460 e. The van der Waals surface area contributed by atoms with Crippen LogP contribution >= 0.6 is 0 Å². The first-order valence-electron chi connectivity index (χ1n) is 10.1. The molecule has 0 aliphatic carbocycles. The molecule has 0 aliphatic rings. The summed E-state index contributed by atoms with van der Waals surface area (Å²) < 4.78 is 0. The van der Waals surface area contributed by atoms with E-state index < -0.39 is 0 Å². The number of nitrogens with one attached hydrogen (secondary N) is 2. The maximum atomic E-state index is 3.48. The molecule has 0 bridgehead atoms. The van der Waals surface area contributed by atoms with Crippen LogP contribution in [0.1, 0.15) is 52.2 Å². The van der Waals surface area contributed by atoms with E-state index in [1.54, 1.807) is 0 Å². The first kappa shape index (κ1) is 21.1. The number of hydrogen-bond donors (Lipinski definition) is 2. The highest BCUT2D eigenvalue weighted by Crippen LogP contribution is 2.33. The average molecular weight is 365 g/mol. The lowest BCUT2D eigenvalue weighted by atomic mass is 9.86. The molecule has 0 amide bonds. The number of benzene rings is 2. The quantitative estimate of drug-likeness (QED) is 0.540. The third-order valence-corrected chi connectivity index (χ3v) is 4.86. The minimum atomic E-state index is 0.276. The van der Waals surface area contributed by atoms with Crippen molar-refractivity contribution in [2.45, 2.75) is 54.4 Å². The SMILES string of the molecule is CCC(C)CN/C=C\Nc1ccc(CC(C)(C)C)cc1-c1ccccc1C. The Kier molecular flexibility index (Phi) is 7.53. The monoisotopic (exact) mass is 364 g/mol. The van der Waals surface area contributed by atoms with Gasteiger partial charge in [0.05, 0.1) is 0 Å². The van der Waals surface area contributed by atoms with Crippen molar-refractivity contribution in [1.82, 2.24) is 5.32 Å². The molecule has 0 fully saturated rings. The Hall–Kier alpha value is -2.22. The van der Waals surface area contributed by atoms with Gasteiger partial charge in [0.2, 0.25) is 0 Å². The lowest BCUT2D eigenvalue weighted by Crippen LogP contribution is -2.15. The van der Waals surface area contributed by atoms with E-state index in [2.05, 4.69) is 94.6 Å². The number of rotatable bonds is 8. The van der Waals surface area contributed by atoms with Crippen LogP contribution in [0.3, 0.4) is 0 Å².